The van der Waals surface area contributed by atoms with Crippen LogP contribution in [0.1, 0.15) is 20.3 Å². The molecule has 0 saturated carbocycles. The van der Waals surface area contributed by atoms with Gasteiger partial charge < -0.3 is 0 Å². The van der Waals surface area contributed by atoms with Crippen molar-refractivity contribution in [3.8, 4) is 6.07 Å². The maximum atomic E-state index is 11.5. The van der Waals surface area contributed by atoms with Crippen molar-refractivity contribution in [2.75, 3.05) is 0 Å². The van der Waals surface area contributed by atoms with Crippen LogP contribution in [0, 0.1) is 20.3 Å². The second-order valence-electron chi connectivity index (χ2n) is 3.98. The van der Waals surface area contributed by atoms with Gasteiger partial charge in [0.05, 0.1) is 17.7 Å². The smallest absolute Gasteiger partial charge is 0.267 e. The first-order chi connectivity index (χ1) is 6.94. The average Bonchev–Trinajstić information content (AvgIpc) is 2.16. The van der Waals surface area contributed by atoms with Crippen molar-refractivity contribution in [2.24, 2.45) is 5.41 Å². The van der Waals surface area contributed by atoms with Crippen LogP contribution in [0.15, 0.2) is 17.1 Å². The lowest BCUT2D eigenvalue weighted by Gasteiger charge is -2.14. The first-order valence-electron chi connectivity index (χ1n) is 4.58. The summed E-state index contributed by atoms with van der Waals surface area (Å²) in [6.45, 7) is 4.19. The summed E-state index contributed by atoms with van der Waals surface area (Å²) >= 11 is 2.05. The van der Waals surface area contributed by atoms with Crippen molar-refractivity contribution in [1.82, 2.24) is 9.78 Å². The van der Waals surface area contributed by atoms with E-state index >= 15 is 0 Å². The molecule has 0 aromatic carbocycles. The van der Waals surface area contributed by atoms with Crippen LogP contribution in [-0.4, -0.2) is 9.78 Å². The van der Waals surface area contributed by atoms with Crippen LogP contribution >= 0.6 is 22.6 Å². The van der Waals surface area contributed by atoms with Gasteiger partial charge in [0.2, 0.25) is 0 Å². The standard InChI is InChI=1S/C10H12IN3O/c1-10(2,7-12)3-4-14-9(15)5-8(11)6-13-14/h5-6H,3-4H2,1-2H3. The molecule has 1 aromatic rings. The van der Waals surface area contributed by atoms with E-state index in [0.29, 0.717) is 13.0 Å². The molecule has 5 heteroatoms. The van der Waals surface area contributed by atoms with Crippen molar-refractivity contribution in [1.29, 1.82) is 5.26 Å². The van der Waals surface area contributed by atoms with Crippen molar-refractivity contribution in [3.63, 3.8) is 0 Å². The summed E-state index contributed by atoms with van der Waals surface area (Å²) in [4.78, 5) is 11.5. The van der Waals surface area contributed by atoms with Gasteiger partial charge in [0.25, 0.3) is 5.56 Å². The van der Waals surface area contributed by atoms with Crippen molar-refractivity contribution in [3.05, 3.63) is 26.2 Å². The Morgan fingerprint density at radius 2 is 2.33 bits per heavy atom. The molecule has 0 fully saturated rings. The predicted molar refractivity (Wildman–Crippen MR) is 65.2 cm³/mol. The molecule has 1 rings (SSSR count). The van der Waals surface area contributed by atoms with Gasteiger partial charge in [0.15, 0.2) is 0 Å². The molecule has 4 nitrogen and oxygen atoms in total. The van der Waals surface area contributed by atoms with Gasteiger partial charge in [-0.1, -0.05) is 0 Å². The average molecular weight is 317 g/mol. The van der Waals surface area contributed by atoms with Gasteiger partial charge in [-0.05, 0) is 42.9 Å². The Kier molecular flexibility index (Phi) is 3.85. The molecule has 0 aliphatic heterocycles. The molecule has 0 spiro atoms. The molecule has 0 saturated heterocycles. The topological polar surface area (TPSA) is 58.7 Å². The van der Waals surface area contributed by atoms with E-state index in [4.69, 9.17) is 5.26 Å². The second-order valence-corrected chi connectivity index (χ2v) is 5.23. The lowest BCUT2D eigenvalue weighted by atomic mass is 9.92. The molecule has 15 heavy (non-hydrogen) atoms. The van der Waals surface area contributed by atoms with E-state index in [1.54, 1.807) is 6.20 Å². The molecule has 1 heterocycles. The van der Waals surface area contributed by atoms with Crippen LogP contribution in [0.3, 0.4) is 0 Å². The van der Waals surface area contributed by atoms with Gasteiger partial charge in [-0.25, -0.2) is 4.68 Å². The van der Waals surface area contributed by atoms with Crippen molar-refractivity contribution >= 4 is 22.6 Å². The highest BCUT2D eigenvalue weighted by atomic mass is 127. The fourth-order valence-corrected chi connectivity index (χ4v) is 1.41. The van der Waals surface area contributed by atoms with Crippen molar-refractivity contribution in [2.45, 2.75) is 26.8 Å². The molecule has 0 unspecified atom stereocenters. The zero-order chi connectivity index (χ0) is 11.5. The van der Waals surface area contributed by atoms with Crippen LogP contribution in [0.5, 0.6) is 0 Å². The Balaban J connectivity index is 2.76. The first-order valence-corrected chi connectivity index (χ1v) is 5.66. The van der Waals surface area contributed by atoms with Gasteiger partial charge in [0, 0.05) is 16.2 Å². The molecule has 0 N–H and O–H groups in total. The lowest BCUT2D eigenvalue weighted by Crippen LogP contribution is -2.24. The number of rotatable bonds is 3. The molecular weight excluding hydrogens is 305 g/mol. The van der Waals surface area contributed by atoms with E-state index in [1.165, 1.54) is 10.7 Å². The minimum Gasteiger partial charge on any atom is -0.268 e. The van der Waals surface area contributed by atoms with E-state index in [1.807, 2.05) is 36.4 Å². The Morgan fingerprint density at radius 1 is 1.67 bits per heavy atom. The summed E-state index contributed by atoms with van der Waals surface area (Å²) in [6, 6.07) is 3.73. The summed E-state index contributed by atoms with van der Waals surface area (Å²) in [7, 11) is 0. The molecule has 0 amide bonds. The Morgan fingerprint density at radius 3 is 2.87 bits per heavy atom. The van der Waals surface area contributed by atoms with E-state index in [2.05, 4.69) is 11.2 Å². The van der Waals surface area contributed by atoms with E-state index in [-0.39, 0.29) is 5.56 Å². The molecule has 0 radical (unpaired) electrons. The molecule has 0 aliphatic rings. The minimum absolute atomic E-state index is 0.115. The largest absolute Gasteiger partial charge is 0.268 e. The summed E-state index contributed by atoms with van der Waals surface area (Å²) in [6.07, 6.45) is 2.26. The van der Waals surface area contributed by atoms with E-state index in [9.17, 15) is 4.79 Å². The van der Waals surface area contributed by atoms with E-state index in [0.717, 1.165) is 3.57 Å². The Bertz CT molecular complexity index is 445. The second kappa shape index (κ2) is 4.75. The highest BCUT2D eigenvalue weighted by Crippen LogP contribution is 2.18. The number of halogens is 1. The normalized spacial score (nSPS) is 11.1. The van der Waals surface area contributed by atoms with Crippen LogP contribution in [0.2, 0.25) is 0 Å². The van der Waals surface area contributed by atoms with Crippen LogP contribution in [0.25, 0.3) is 0 Å². The highest BCUT2D eigenvalue weighted by Gasteiger charge is 2.16. The summed E-state index contributed by atoms with van der Waals surface area (Å²) < 4.78 is 2.22. The lowest BCUT2D eigenvalue weighted by molar-refractivity contribution is 0.391. The number of nitriles is 1. The fraction of sp³-hybridized carbons (Fsp3) is 0.500. The molecule has 0 aliphatic carbocycles. The van der Waals surface area contributed by atoms with Gasteiger partial charge in [-0.2, -0.15) is 10.4 Å². The van der Waals surface area contributed by atoms with Gasteiger partial charge in [0.1, 0.15) is 0 Å². The van der Waals surface area contributed by atoms with Crippen molar-refractivity contribution < 1.29 is 0 Å². The minimum atomic E-state index is -0.413. The predicted octanol–water partition coefficient (Wildman–Crippen LogP) is 1.79. The van der Waals surface area contributed by atoms with Crippen LogP contribution in [-0.2, 0) is 6.54 Å². The molecule has 80 valence electrons. The number of aryl methyl sites for hydroxylation is 1. The maximum Gasteiger partial charge on any atom is 0.267 e. The van der Waals surface area contributed by atoms with Crippen LogP contribution in [0.4, 0.5) is 0 Å². The monoisotopic (exact) mass is 317 g/mol. The molecular formula is C10H12IN3O. The third kappa shape index (κ3) is 3.63. The summed E-state index contributed by atoms with van der Waals surface area (Å²) in [5.74, 6) is 0. The van der Waals surface area contributed by atoms with Gasteiger partial charge in [-0.3, -0.25) is 4.79 Å². The number of aromatic nitrogens is 2. The van der Waals surface area contributed by atoms with Crippen LogP contribution < -0.4 is 5.56 Å². The fourth-order valence-electron chi connectivity index (χ4n) is 1.02. The van der Waals surface area contributed by atoms with Gasteiger partial charge >= 0.3 is 0 Å². The zero-order valence-electron chi connectivity index (χ0n) is 8.70. The number of hydrogen-bond donors (Lipinski definition) is 0. The van der Waals surface area contributed by atoms with Gasteiger partial charge in [-0.15, -0.1) is 0 Å². The highest BCUT2D eigenvalue weighted by molar-refractivity contribution is 14.1. The Labute approximate surface area is 102 Å². The SMILES string of the molecule is CC(C)(C#N)CCn1ncc(I)cc1=O. The molecule has 0 bridgehead atoms. The maximum absolute atomic E-state index is 11.5. The zero-order valence-corrected chi connectivity index (χ0v) is 10.9. The number of nitrogens with zero attached hydrogens (tertiary/aromatic N) is 3. The number of hydrogen-bond acceptors (Lipinski definition) is 3. The Hall–Kier alpha value is -0.900. The first kappa shape index (κ1) is 12.2. The molecule has 0 atom stereocenters. The van der Waals surface area contributed by atoms with E-state index < -0.39 is 5.41 Å². The third-order valence-electron chi connectivity index (χ3n) is 2.09. The molecule has 1 aromatic heterocycles. The quantitative estimate of drug-likeness (QED) is 0.799. The summed E-state index contributed by atoms with van der Waals surface area (Å²) in [5.41, 5.74) is -0.528. The summed E-state index contributed by atoms with van der Waals surface area (Å²) in [5, 5.41) is 12.8. The third-order valence-corrected chi connectivity index (χ3v) is 2.68.